The molecule has 0 radical (unpaired) electrons. The largest absolute Gasteiger partial charge is 0.305 e. The molecule has 1 heterocycles. The van der Waals surface area contributed by atoms with E-state index in [1.165, 1.54) is 23.2 Å². The number of quaternary nitrogens is 1. The van der Waals surface area contributed by atoms with Crippen LogP contribution in [0.2, 0.25) is 0 Å². The molecule has 0 aromatic heterocycles. The lowest BCUT2D eigenvalue weighted by atomic mass is 9.86. The number of fused-ring (bicyclic) bond motifs is 1. The highest BCUT2D eigenvalue weighted by atomic mass is 15.0. The van der Waals surface area contributed by atoms with Gasteiger partial charge in [-0.25, -0.2) is 0 Å². The molecule has 0 saturated carbocycles. The maximum atomic E-state index is 2.44. The quantitative estimate of drug-likeness (QED) is 0.710. The predicted molar refractivity (Wildman–Crippen MR) is 65.0 cm³/mol. The van der Waals surface area contributed by atoms with Gasteiger partial charge in [0.05, 0.1) is 0 Å². The molecule has 0 aliphatic carbocycles. The summed E-state index contributed by atoms with van der Waals surface area (Å²) in [7, 11) is 0. The third-order valence-corrected chi connectivity index (χ3v) is 3.44. The SMILES string of the molecule is CCC1=CC(C)(CC)[NH2+]c2ccccc21. The van der Waals surface area contributed by atoms with Gasteiger partial charge >= 0.3 is 0 Å². The van der Waals surface area contributed by atoms with Crippen LogP contribution in [0.5, 0.6) is 0 Å². The molecule has 1 nitrogen and oxygen atoms in total. The van der Waals surface area contributed by atoms with E-state index in [9.17, 15) is 0 Å². The summed E-state index contributed by atoms with van der Waals surface area (Å²) in [6.45, 7) is 6.82. The highest BCUT2D eigenvalue weighted by Gasteiger charge is 2.30. The van der Waals surface area contributed by atoms with Gasteiger partial charge < -0.3 is 5.32 Å². The van der Waals surface area contributed by atoms with Crippen molar-refractivity contribution in [2.24, 2.45) is 0 Å². The molecular formula is C14H20N+. The summed E-state index contributed by atoms with van der Waals surface area (Å²) in [4.78, 5) is 0. The maximum absolute atomic E-state index is 2.44. The summed E-state index contributed by atoms with van der Waals surface area (Å²) in [5, 5.41) is 2.40. The summed E-state index contributed by atoms with van der Waals surface area (Å²) in [5.74, 6) is 0. The van der Waals surface area contributed by atoms with E-state index >= 15 is 0 Å². The van der Waals surface area contributed by atoms with Crippen LogP contribution < -0.4 is 5.32 Å². The van der Waals surface area contributed by atoms with E-state index < -0.39 is 0 Å². The van der Waals surface area contributed by atoms with Gasteiger partial charge in [0.2, 0.25) is 0 Å². The van der Waals surface area contributed by atoms with Crippen LogP contribution in [0.15, 0.2) is 30.3 Å². The standard InChI is InChI=1S/C14H19N/c1-4-11-10-14(3,5-2)15-13-9-7-6-8-12(11)13/h6-10,15H,4-5H2,1-3H3/p+1. The zero-order valence-corrected chi connectivity index (χ0v) is 9.88. The Morgan fingerprint density at radius 2 is 1.93 bits per heavy atom. The fourth-order valence-electron chi connectivity index (χ4n) is 2.28. The molecule has 2 rings (SSSR count). The molecule has 80 valence electrons. The summed E-state index contributed by atoms with van der Waals surface area (Å²) in [6.07, 6.45) is 4.74. The molecule has 1 aliphatic rings. The van der Waals surface area contributed by atoms with Gasteiger partial charge in [-0.2, -0.15) is 0 Å². The van der Waals surface area contributed by atoms with Gasteiger partial charge in [-0.15, -0.1) is 0 Å². The lowest BCUT2D eigenvalue weighted by Crippen LogP contribution is -2.91. The van der Waals surface area contributed by atoms with E-state index in [1.807, 2.05) is 0 Å². The highest BCUT2D eigenvalue weighted by molar-refractivity contribution is 5.74. The monoisotopic (exact) mass is 202 g/mol. The van der Waals surface area contributed by atoms with E-state index in [2.05, 4.69) is 56.4 Å². The molecule has 15 heavy (non-hydrogen) atoms. The summed E-state index contributed by atoms with van der Waals surface area (Å²) < 4.78 is 0. The van der Waals surface area contributed by atoms with Crippen molar-refractivity contribution in [2.75, 3.05) is 0 Å². The molecule has 1 aromatic carbocycles. The summed E-state index contributed by atoms with van der Waals surface area (Å²) in [6, 6.07) is 8.72. The van der Waals surface area contributed by atoms with Crippen molar-refractivity contribution in [3.63, 3.8) is 0 Å². The van der Waals surface area contributed by atoms with Crippen LogP contribution in [0, 0.1) is 0 Å². The molecule has 0 amide bonds. The van der Waals surface area contributed by atoms with E-state index in [1.54, 1.807) is 0 Å². The van der Waals surface area contributed by atoms with Crippen LogP contribution in [0.25, 0.3) is 5.57 Å². The minimum atomic E-state index is 0.250. The Bertz CT molecular complexity index is 392. The van der Waals surface area contributed by atoms with Crippen molar-refractivity contribution in [1.29, 1.82) is 0 Å². The Morgan fingerprint density at radius 1 is 1.20 bits per heavy atom. The molecule has 1 aromatic rings. The van der Waals surface area contributed by atoms with Crippen molar-refractivity contribution in [1.82, 2.24) is 0 Å². The van der Waals surface area contributed by atoms with Gasteiger partial charge in [0.15, 0.2) is 0 Å². The zero-order valence-electron chi connectivity index (χ0n) is 9.88. The molecule has 1 unspecified atom stereocenters. The number of allylic oxidation sites excluding steroid dienone is 1. The van der Waals surface area contributed by atoms with Crippen LogP contribution in [0.3, 0.4) is 0 Å². The molecule has 2 N–H and O–H groups in total. The Labute approximate surface area is 92.2 Å². The number of hydrogen-bond acceptors (Lipinski definition) is 0. The van der Waals surface area contributed by atoms with Crippen molar-refractivity contribution in [3.8, 4) is 0 Å². The normalized spacial score (nSPS) is 24.6. The van der Waals surface area contributed by atoms with E-state index in [4.69, 9.17) is 0 Å². The van der Waals surface area contributed by atoms with Gasteiger partial charge in [0.25, 0.3) is 0 Å². The Morgan fingerprint density at radius 3 is 2.60 bits per heavy atom. The molecule has 1 atom stereocenters. The third kappa shape index (κ3) is 1.84. The first-order valence-corrected chi connectivity index (χ1v) is 5.85. The van der Waals surface area contributed by atoms with Gasteiger partial charge in [-0.1, -0.05) is 26.0 Å². The minimum Gasteiger partial charge on any atom is -0.305 e. The Hall–Kier alpha value is -1.08. The number of nitrogens with two attached hydrogens (primary N) is 1. The highest BCUT2D eigenvalue weighted by Crippen LogP contribution is 2.30. The lowest BCUT2D eigenvalue weighted by molar-refractivity contribution is -0.639. The summed E-state index contributed by atoms with van der Waals surface area (Å²) in [5.41, 5.74) is 4.57. The minimum absolute atomic E-state index is 0.250. The maximum Gasteiger partial charge on any atom is 0.137 e. The van der Waals surface area contributed by atoms with Crippen LogP contribution in [-0.4, -0.2) is 5.54 Å². The first kappa shape index (κ1) is 10.4. The third-order valence-electron chi connectivity index (χ3n) is 3.44. The molecule has 0 bridgehead atoms. The molecule has 1 heteroatoms. The van der Waals surface area contributed by atoms with Gasteiger partial charge in [0.1, 0.15) is 11.2 Å². The van der Waals surface area contributed by atoms with Crippen LogP contribution in [0.1, 0.15) is 39.2 Å². The zero-order chi connectivity index (χ0) is 10.9. The van der Waals surface area contributed by atoms with E-state index in [0.29, 0.717) is 0 Å². The fraction of sp³-hybridized carbons (Fsp3) is 0.429. The van der Waals surface area contributed by atoms with E-state index in [0.717, 1.165) is 6.42 Å². The first-order chi connectivity index (χ1) is 7.18. The molecule has 0 fully saturated rings. The van der Waals surface area contributed by atoms with Crippen molar-refractivity contribution in [2.45, 2.75) is 39.2 Å². The second kappa shape index (κ2) is 3.82. The van der Waals surface area contributed by atoms with Crippen LogP contribution >= 0.6 is 0 Å². The van der Waals surface area contributed by atoms with Crippen molar-refractivity contribution < 1.29 is 5.32 Å². The molecule has 0 spiro atoms. The molecule has 1 aliphatic heterocycles. The summed E-state index contributed by atoms with van der Waals surface area (Å²) >= 11 is 0. The number of benzene rings is 1. The fourth-order valence-corrected chi connectivity index (χ4v) is 2.28. The lowest BCUT2D eigenvalue weighted by Gasteiger charge is -2.29. The molecule has 0 saturated heterocycles. The number of hydrogen-bond donors (Lipinski definition) is 1. The van der Waals surface area contributed by atoms with Gasteiger partial charge in [0, 0.05) is 12.0 Å². The van der Waals surface area contributed by atoms with Gasteiger partial charge in [-0.05, 0) is 37.1 Å². The van der Waals surface area contributed by atoms with Gasteiger partial charge in [-0.3, -0.25) is 0 Å². The van der Waals surface area contributed by atoms with Crippen molar-refractivity contribution >= 4 is 11.3 Å². The number of rotatable bonds is 2. The van der Waals surface area contributed by atoms with Crippen LogP contribution in [-0.2, 0) is 0 Å². The second-order valence-electron chi connectivity index (χ2n) is 4.61. The van der Waals surface area contributed by atoms with E-state index in [-0.39, 0.29) is 5.54 Å². The number of para-hydroxylation sites is 1. The van der Waals surface area contributed by atoms with Crippen LogP contribution in [0.4, 0.5) is 5.69 Å². The Balaban J connectivity index is 2.50. The predicted octanol–water partition coefficient (Wildman–Crippen LogP) is 2.86. The topological polar surface area (TPSA) is 16.6 Å². The first-order valence-electron chi connectivity index (χ1n) is 5.85. The molecular weight excluding hydrogens is 182 g/mol. The average molecular weight is 202 g/mol. The second-order valence-corrected chi connectivity index (χ2v) is 4.61. The van der Waals surface area contributed by atoms with Crippen molar-refractivity contribution in [3.05, 3.63) is 35.9 Å². The Kier molecular flexibility index (Phi) is 2.66. The smallest absolute Gasteiger partial charge is 0.137 e. The average Bonchev–Trinajstić information content (AvgIpc) is 2.28.